The van der Waals surface area contributed by atoms with Crippen molar-refractivity contribution >= 4 is 5.91 Å². The molecule has 1 saturated heterocycles. The van der Waals surface area contributed by atoms with E-state index in [1.165, 1.54) is 5.56 Å². The van der Waals surface area contributed by atoms with Crippen LogP contribution in [0.25, 0.3) is 0 Å². The van der Waals surface area contributed by atoms with E-state index in [2.05, 4.69) is 22.8 Å². The molecule has 1 amide bonds. The molecule has 1 unspecified atom stereocenters. The number of ether oxygens (including phenoxy) is 1. The summed E-state index contributed by atoms with van der Waals surface area (Å²) in [6.07, 6.45) is 3.23. The van der Waals surface area contributed by atoms with E-state index in [-0.39, 0.29) is 17.5 Å². The van der Waals surface area contributed by atoms with Gasteiger partial charge in [0.1, 0.15) is 11.3 Å². The normalized spacial score (nSPS) is 16.7. The van der Waals surface area contributed by atoms with Gasteiger partial charge < -0.3 is 19.8 Å². The van der Waals surface area contributed by atoms with Crippen LogP contribution >= 0.6 is 0 Å². The number of benzene rings is 1. The number of rotatable bonds is 8. The molecule has 2 N–H and O–H groups in total. The van der Waals surface area contributed by atoms with E-state index in [9.17, 15) is 9.59 Å². The highest BCUT2D eigenvalue weighted by Crippen LogP contribution is 2.11. The topological polar surface area (TPSA) is 80.6 Å². The fraction of sp³-hybridized carbons (Fsp3) is 0.455. The number of hydrogen-bond donors (Lipinski definition) is 2. The van der Waals surface area contributed by atoms with E-state index in [1.54, 1.807) is 13.0 Å². The lowest BCUT2D eigenvalue weighted by Crippen LogP contribution is -2.43. The lowest BCUT2D eigenvalue weighted by molar-refractivity contribution is 0.0732. The van der Waals surface area contributed by atoms with Gasteiger partial charge in [0, 0.05) is 25.6 Å². The number of morpholine rings is 1. The summed E-state index contributed by atoms with van der Waals surface area (Å²) in [7, 11) is 0. The van der Waals surface area contributed by atoms with Crippen LogP contribution < -0.4 is 16.3 Å². The zero-order chi connectivity index (χ0) is 19.8. The molecule has 1 aliphatic rings. The fourth-order valence-corrected chi connectivity index (χ4v) is 3.43. The van der Waals surface area contributed by atoms with Crippen molar-refractivity contribution < 1.29 is 13.9 Å². The molecule has 0 saturated carbocycles. The minimum atomic E-state index is -0.564. The van der Waals surface area contributed by atoms with Crippen molar-refractivity contribution in [2.75, 3.05) is 26.3 Å². The summed E-state index contributed by atoms with van der Waals surface area (Å²) >= 11 is 0. The zero-order valence-electron chi connectivity index (χ0n) is 16.3. The number of hydrogen-bond acceptors (Lipinski definition) is 5. The molecular weight excluding hydrogens is 356 g/mol. The second-order valence-electron chi connectivity index (χ2n) is 7.17. The number of carbonyl (C=O) groups excluding carboxylic acids is 1. The fourth-order valence-electron chi connectivity index (χ4n) is 3.43. The van der Waals surface area contributed by atoms with Gasteiger partial charge in [-0.05, 0) is 43.4 Å². The van der Waals surface area contributed by atoms with Crippen LogP contribution in [-0.4, -0.2) is 38.3 Å². The maximum atomic E-state index is 12.4. The monoisotopic (exact) mass is 384 g/mol. The van der Waals surface area contributed by atoms with Gasteiger partial charge in [-0.15, -0.1) is 0 Å². The van der Waals surface area contributed by atoms with Crippen molar-refractivity contribution in [2.45, 2.75) is 38.6 Å². The van der Waals surface area contributed by atoms with Crippen molar-refractivity contribution in [1.82, 2.24) is 10.6 Å². The van der Waals surface area contributed by atoms with E-state index in [0.717, 1.165) is 32.4 Å². The molecule has 6 heteroatoms. The number of nitrogens with one attached hydrogen (secondary N) is 2. The molecule has 1 aliphatic heterocycles. The molecule has 1 aromatic heterocycles. The van der Waals surface area contributed by atoms with Crippen LogP contribution in [0.3, 0.4) is 0 Å². The first-order valence-electron chi connectivity index (χ1n) is 9.90. The van der Waals surface area contributed by atoms with Crippen LogP contribution in [-0.2, 0) is 17.6 Å². The average molecular weight is 384 g/mol. The molecule has 3 rings (SSSR count). The Labute approximate surface area is 165 Å². The molecule has 1 aromatic carbocycles. The van der Waals surface area contributed by atoms with Crippen LogP contribution in [0.4, 0.5) is 0 Å². The second kappa shape index (κ2) is 10.2. The van der Waals surface area contributed by atoms with Crippen molar-refractivity contribution in [1.29, 1.82) is 0 Å². The van der Waals surface area contributed by atoms with Gasteiger partial charge in [0.2, 0.25) is 0 Å². The third kappa shape index (κ3) is 5.78. The third-order valence-electron chi connectivity index (χ3n) is 4.94. The molecule has 28 heavy (non-hydrogen) atoms. The zero-order valence-corrected chi connectivity index (χ0v) is 16.3. The highest BCUT2D eigenvalue weighted by molar-refractivity contribution is 5.95. The van der Waals surface area contributed by atoms with Crippen LogP contribution in [0, 0.1) is 6.92 Å². The Morgan fingerprint density at radius 3 is 2.79 bits per heavy atom. The summed E-state index contributed by atoms with van der Waals surface area (Å²) in [5.41, 5.74) is 1.45. The molecule has 6 nitrogen and oxygen atoms in total. The number of carbonyl (C=O) groups is 1. The predicted molar refractivity (Wildman–Crippen MR) is 108 cm³/mol. The van der Waals surface area contributed by atoms with Crippen molar-refractivity contribution in [3.05, 3.63) is 69.3 Å². The van der Waals surface area contributed by atoms with Gasteiger partial charge in [-0.25, -0.2) is 4.79 Å². The van der Waals surface area contributed by atoms with E-state index in [4.69, 9.17) is 9.15 Å². The minimum absolute atomic E-state index is 0.0969. The standard InChI is InChI=1S/C22H28N2O4/c1-16-14-19(9-5-8-17-6-3-2-4-7-17)28-22(26)20(16)21(25)24-11-10-18-15-27-13-12-23-18/h2-4,6-7,14,18,23H,5,8-13,15H2,1H3,(H,24,25). The second-order valence-corrected chi connectivity index (χ2v) is 7.17. The average Bonchev–Trinajstić information content (AvgIpc) is 2.69. The van der Waals surface area contributed by atoms with Crippen LogP contribution in [0.1, 0.15) is 40.1 Å². The Kier molecular flexibility index (Phi) is 7.39. The van der Waals surface area contributed by atoms with Crippen molar-refractivity contribution in [3.8, 4) is 0 Å². The minimum Gasteiger partial charge on any atom is -0.427 e. The van der Waals surface area contributed by atoms with Crippen molar-refractivity contribution in [2.24, 2.45) is 0 Å². The molecule has 1 fully saturated rings. The molecule has 0 spiro atoms. The summed E-state index contributed by atoms with van der Waals surface area (Å²) < 4.78 is 10.8. The third-order valence-corrected chi connectivity index (χ3v) is 4.94. The van der Waals surface area contributed by atoms with Crippen molar-refractivity contribution in [3.63, 3.8) is 0 Å². The largest absolute Gasteiger partial charge is 0.427 e. The van der Waals surface area contributed by atoms with Gasteiger partial charge in [-0.3, -0.25) is 4.79 Å². The number of aryl methyl sites for hydroxylation is 3. The SMILES string of the molecule is Cc1cc(CCCc2ccccc2)oc(=O)c1C(=O)NCCC1COCCN1. The van der Waals surface area contributed by atoms with E-state index in [0.29, 0.717) is 30.9 Å². The highest BCUT2D eigenvalue weighted by atomic mass is 16.5. The van der Waals surface area contributed by atoms with Gasteiger partial charge in [0.25, 0.3) is 5.91 Å². The Hall–Kier alpha value is -2.44. The molecule has 2 heterocycles. The summed E-state index contributed by atoms with van der Waals surface area (Å²) in [6, 6.07) is 12.2. The Morgan fingerprint density at radius 1 is 1.25 bits per heavy atom. The van der Waals surface area contributed by atoms with Gasteiger partial charge in [0.05, 0.1) is 13.2 Å². The summed E-state index contributed by atoms with van der Waals surface area (Å²) in [4.78, 5) is 24.8. The molecule has 0 aliphatic carbocycles. The van der Waals surface area contributed by atoms with Crippen LogP contribution in [0.2, 0.25) is 0 Å². The Balaban J connectivity index is 1.52. The number of amides is 1. The molecular formula is C22H28N2O4. The lowest BCUT2D eigenvalue weighted by Gasteiger charge is -2.23. The van der Waals surface area contributed by atoms with Gasteiger partial charge >= 0.3 is 5.63 Å². The molecule has 150 valence electrons. The van der Waals surface area contributed by atoms with Gasteiger partial charge in [0.15, 0.2) is 0 Å². The maximum absolute atomic E-state index is 12.4. The van der Waals surface area contributed by atoms with Crippen LogP contribution in [0.5, 0.6) is 0 Å². The van der Waals surface area contributed by atoms with E-state index >= 15 is 0 Å². The molecule has 0 radical (unpaired) electrons. The smallest absolute Gasteiger partial charge is 0.349 e. The predicted octanol–water partition coefficient (Wildman–Crippen LogP) is 2.23. The molecule has 2 aromatic rings. The maximum Gasteiger partial charge on any atom is 0.349 e. The first-order chi connectivity index (χ1) is 13.6. The Bertz CT molecular complexity index is 826. The lowest BCUT2D eigenvalue weighted by atomic mass is 10.1. The summed E-state index contributed by atoms with van der Waals surface area (Å²) in [6.45, 7) is 4.46. The molecule has 1 atom stereocenters. The van der Waals surface area contributed by atoms with Gasteiger partial charge in [-0.1, -0.05) is 30.3 Å². The van der Waals surface area contributed by atoms with E-state index in [1.807, 2.05) is 18.2 Å². The first kappa shape index (κ1) is 20.3. The van der Waals surface area contributed by atoms with Crippen LogP contribution in [0.15, 0.2) is 45.6 Å². The quantitative estimate of drug-likeness (QED) is 0.730. The Morgan fingerprint density at radius 2 is 2.07 bits per heavy atom. The molecule has 0 bridgehead atoms. The first-order valence-corrected chi connectivity index (χ1v) is 9.90. The summed E-state index contributed by atoms with van der Waals surface area (Å²) in [5, 5.41) is 6.16. The summed E-state index contributed by atoms with van der Waals surface area (Å²) in [5.74, 6) is 0.248. The van der Waals surface area contributed by atoms with Gasteiger partial charge in [-0.2, -0.15) is 0 Å². The highest BCUT2D eigenvalue weighted by Gasteiger charge is 2.18. The van der Waals surface area contributed by atoms with E-state index < -0.39 is 5.63 Å².